The van der Waals surface area contributed by atoms with Crippen LogP contribution in [0.1, 0.15) is 54.9 Å². The molecule has 6 heteroatoms. The first kappa shape index (κ1) is 22.0. The van der Waals surface area contributed by atoms with E-state index >= 15 is 0 Å². The molecule has 5 nitrogen and oxygen atoms in total. The van der Waals surface area contributed by atoms with Gasteiger partial charge in [0.05, 0.1) is 6.54 Å². The minimum Gasteiger partial charge on any atom is -0.357 e. The lowest BCUT2D eigenvalue weighted by Crippen LogP contribution is -2.43. The molecule has 0 saturated heterocycles. The average molecular weight is 401 g/mol. The highest BCUT2D eigenvalue weighted by Gasteiger charge is 2.21. The van der Waals surface area contributed by atoms with E-state index in [0.29, 0.717) is 18.7 Å². The summed E-state index contributed by atoms with van der Waals surface area (Å²) < 4.78 is 0. The van der Waals surface area contributed by atoms with Crippen LogP contribution in [0.3, 0.4) is 0 Å². The van der Waals surface area contributed by atoms with Gasteiger partial charge in [-0.15, -0.1) is 11.3 Å². The summed E-state index contributed by atoms with van der Waals surface area (Å²) in [5.41, 5.74) is 1.72. The Morgan fingerprint density at radius 3 is 2.61 bits per heavy atom. The van der Waals surface area contributed by atoms with E-state index in [-0.39, 0.29) is 11.3 Å². The summed E-state index contributed by atoms with van der Waals surface area (Å²) in [7, 11) is 0. The lowest BCUT2D eigenvalue weighted by atomic mass is 9.91. The number of benzene rings is 1. The highest BCUT2D eigenvalue weighted by Crippen LogP contribution is 2.26. The molecule has 0 aliphatic heterocycles. The van der Waals surface area contributed by atoms with Crippen molar-refractivity contribution < 1.29 is 4.79 Å². The van der Waals surface area contributed by atoms with Crippen LogP contribution in [-0.4, -0.2) is 31.5 Å². The molecule has 0 aliphatic carbocycles. The smallest absolute Gasteiger partial charge is 0.251 e. The Labute approximate surface area is 172 Å². The van der Waals surface area contributed by atoms with Crippen LogP contribution in [0.2, 0.25) is 0 Å². The van der Waals surface area contributed by atoms with Gasteiger partial charge in [0.15, 0.2) is 5.96 Å². The van der Waals surface area contributed by atoms with Crippen molar-refractivity contribution in [2.24, 2.45) is 4.99 Å². The topological polar surface area (TPSA) is 65.5 Å². The van der Waals surface area contributed by atoms with Crippen molar-refractivity contribution in [1.29, 1.82) is 0 Å². The number of carbonyl (C=O) groups is 1. The molecule has 0 unspecified atom stereocenters. The Hall–Kier alpha value is -2.34. The molecule has 0 aliphatic rings. The predicted octanol–water partition coefficient (Wildman–Crippen LogP) is 3.92. The van der Waals surface area contributed by atoms with E-state index in [1.165, 1.54) is 4.88 Å². The van der Waals surface area contributed by atoms with Crippen LogP contribution >= 0.6 is 11.3 Å². The molecule has 1 aromatic carbocycles. The Bertz CT molecular complexity index is 769. The van der Waals surface area contributed by atoms with Crippen LogP contribution in [-0.2, 0) is 12.0 Å². The quantitative estimate of drug-likeness (QED) is 0.441. The SMILES string of the molecule is CCCNC(=O)c1cccc(CN=C(NCC)NCC(C)(C)c2cccs2)c1. The third-order valence-electron chi connectivity index (χ3n) is 4.37. The predicted molar refractivity (Wildman–Crippen MR) is 119 cm³/mol. The number of hydrogen-bond acceptors (Lipinski definition) is 3. The van der Waals surface area contributed by atoms with Gasteiger partial charge in [-0.1, -0.05) is 39.0 Å². The van der Waals surface area contributed by atoms with Gasteiger partial charge < -0.3 is 16.0 Å². The normalized spacial score (nSPS) is 11.9. The van der Waals surface area contributed by atoms with E-state index < -0.39 is 0 Å². The van der Waals surface area contributed by atoms with E-state index in [1.807, 2.05) is 31.2 Å². The molecule has 0 fully saturated rings. The summed E-state index contributed by atoms with van der Waals surface area (Å²) >= 11 is 1.78. The standard InChI is InChI=1S/C22H32N4OS/c1-5-12-24-20(27)18-10-7-9-17(14-18)15-25-21(23-6-2)26-16-22(3,4)19-11-8-13-28-19/h7-11,13-14H,5-6,12,15-16H2,1-4H3,(H,24,27)(H2,23,25,26). The maximum atomic E-state index is 12.2. The summed E-state index contributed by atoms with van der Waals surface area (Å²) in [4.78, 5) is 18.2. The molecule has 1 aromatic heterocycles. The fourth-order valence-electron chi connectivity index (χ4n) is 2.72. The second kappa shape index (κ2) is 10.9. The maximum Gasteiger partial charge on any atom is 0.251 e. The summed E-state index contributed by atoms with van der Waals surface area (Å²) in [5, 5.41) is 11.8. The average Bonchev–Trinajstić information content (AvgIpc) is 3.24. The number of carbonyl (C=O) groups excluding carboxylic acids is 1. The third kappa shape index (κ3) is 6.68. The number of rotatable bonds is 9. The Kier molecular flexibility index (Phi) is 8.51. The first-order valence-electron chi connectivity index (χ1n) is 9.89. The number of thiophene rings is 1. The van der Waals surface area contributed by atoms with Crippen LogP contribution < -0.4 is 16.0 Å². The second-order valence-corrected chi connectivity index (χ2v) is 8.31. The number of aliphatic imine (C=N–C) groups is 1. The molecule has 3 N–H and O–H groups in total. The number of nitrogens with zero attached hydrogens (tertiary/aromatic N) is 1. The van der Waals surface area contributed by atoms with Crippen LogP contribution in [0.5, 0.6) is 0 Å². The van der Waals surface area contributed by atoms with E-state index in [4.69, 9.17) is 4.99 Å². The summed E-state index contributed by atoms with van der Waals surface area (Å²) in [6, 6.07) is 11.9. The van der Waals surface area contributed by atoms with Crippen LogP contribution in [0.25, 0.3) is 0 Å². The van der Waals surface area contributed by atoms with Crippen molar-refractivity contribution in [3.63, 3.8) is 0 Å². The Morgan fingerprint density at radius 2 is 1.93 bits per heavy atom. The highest BCUT2D eigenvalue weighted by molar-refractivity contribution is 7.10. The monoisotopic (exact) mass is 400 g/mol. The largest absolute Gasteiger partial charge is 0.357 e. The zero-order valence-electron chi connectivity index (χ0n) is 17.3. The molecule has 1 amide bonds. The van der Waals surface area contributed by atoms with Crippen molar-refractivity contribution in [2.45, 2.75) is 46.1 Å². The maximum absolute atomic E-state index is 12.2. The number of guanidine groups is 1. The molecule has 2 rings (SSSR count). The first-order chi connectivity index (χ1) is 13.5. The fraction of sp³-hybridized carbons (Fsp3) is 0.455. The van der Waals surface area contributed by atoms with Crippen molar-refractivity contribution >= 4 is 23.2 Å². The molecule has 0 bridgehead atoms. The zero-order chi connectivity index (χ0) is 20.4. The lowest BCUT2D eigenvalue weighted by molar-refractivity contribution is 0.0953. The molecule has 2 aromatic rings. The van der Waals surface area contributed by atoms with Crippen LogP contribution in [0.4, 0.5) is 0 Å². The molecule has 152 valence electrons. The molecular formula is C22H32N4OS. The van der Waals surface area contributed by atoms with Crippen molar-refractivity contribution in [3.8, 4) is 0 Å². The molecule has 0 radical (unpaired) electrons. The van der Waals surface area contributed by atoms with Gasteiger partial charge in [0.2, 0.25) is 0 Å². The van der Waals surface area contributed by atoms with Gasteiger partial charge in [0, 0.05) is 35.5 Å². The first-order valence-corrected chi connectivity index (χ1v) is 10.8. The number of nitrogens with one attached hydrogen (secondary N) is 3. The van der Waals surface area contributed by atoms with Gasteiger partial charge in [0.1, 0.15) is 0 Å². The minimum atomic E-state index is -0.0320. The number of hydrogen-bond donors (Lipinski definition) is 3. The van der Waals surface area contributed by atoms with Crippen molar-refractivity contribution in [3.05, 3.63) is 57.8 Å². The molecule has 28 heavy (non-hydrogen) atoms. The van der Waals surface area contributed by atoms with Gasteiger partial charge in [-0.05, 0) is 42.5 Å². The van der Waals surface area contributed by atoms with E-state index in [2.05, 4.69) is 54.2 Å². The fourth-order valence-corrected chi connectivity index (χ4v) is 3.57. The van der Waals surface area contributed by atoms with Crippen LogP contribution in [0, 0.1) is 0 Å². The minimum absolute atomic E-state index is 0.0294. The molecular weight excluding hydrogens is 368 g/mol. The van der Waals surface area contributed by atoms with Crippen molar-refractivity contribution in [1.82, 2.24) is 16.0 Å². The number of amides is 1. The van der Waals surface area contributed by atoms with Gasteiger partial charge in [0.25, 0.3) is 5.91 Å². The lowest BCUT2D eigenvalue weighted by Gasteiger charge is -2.25. The Morgan fingerprint density at radius 1 is 1.11 bits per heavy atom. The van der Waals surface area contributed by atoms with Gasteiger partial charge >= 0.3 is 0 Å². The molecule has 0 spiro atoms. The third-order valence-corrected chi connectivity index (χ3v) is 5.61. The summed E-state index contributed by atoms with van der Waals surface area (Å²) in [5.74, 6) is 0.753. The molecule has 0 atom stereocenters. The highest BCUT2D eigenvalue weighted by atomic mass is 32.1. The van der Waals surface area contributed by atoms with E-state index in [1.54, 1.807) is 11.3 Å². The zero-order valence-corrected chi connectivity index (χ0v) is 18.2. The second-order valence-electron chi connectivity index (χ2n) is 7.37. The Balaban J connectivity index is 2.01. The molecule has 0 saturated carbocycles. The van der Waals surface area contributed by atoms with E-state index in [0.717, 1.165) is 31.0 Å². The summed E-state index contributed by atoms with van der Waals surface area (Å²) in [6.45, 7) is 11.4. The summed E-state index contributed by atoms with van der Waals surface area (Å²) in [6.07, 6.45) is 0.926. The van der Waals surface area contributed by atoms with Gasteiger partial charge in [-0.3, -0.25) is 4.79 Å². The van der Waals surface area contributed by atoms with Crippen molar-refractivity contribution in [2.75, 3.05) is 19.6 Å². The van der Waals surface area contributed by atoms with E-state index in [9.17, 15) is 4.79 Å². The van der Waals surface area contributed by atoms with Gasteiger partial charge in [-0.2, -0.15) is 0 Å². The van der Waals surface area contributed by atoms with Crippen LogP contribution in [0.15, 0.2) is 46.8 Å². The molecule has 1 heterocycles. The van der Waals surface area contributed by atoms with Gasteiger partial charge in [-0.25, -0.2) is 4.99 Å².